The third kappa shape index (κ3) is 3.88. The van der Waals surface area contributed by atoms with Crippen LogP contribution < -0.4 is 5.32 Å². The summed E-state index contributed by atoms with van der Waals surface area (Å²) in [6.45, 7) is 0.103. The van der Waals surface area contributed by atoms with Gasteiger partial charge in [-0.3, -0.25) is 9.59 Å². The molecule has 2 amide bonds. The SMILES string of the molecule is CN(Cc1ncc[nH]1)C(=O)CNC(=O)c1ccccc1F. The van der Waals surface area contributed by atoms with E-state index in [0.29, 0.717) is 12.4 Å². The monoisotopic (exact) mass is 290 g/mol. The lowest BCUT2D eigenvalue weighted by Gasteiger charge is -2.16. The molecule has 21 heavy (non-hydrogen) atoms. The van der Waals surface area contributed by atoms with Crippen LogP contribution in [0.5, 0.6) is 0 Å². The first-order valence-corrected chi connectivity index (χ1v) is 6.33. The van der Waals surface area contributed by atoms with Crippen molar-refractivity contribution in [3.8, 4) is 0 Å². The number of benzene rings is 1. The Morgan fingerprint density at radius 3 is 2.81 bits per heavy atom. The van der Waals surface area contributed by atoms with E-state index in [-0.39, 0.29) is 18.0 Å². The maximum atomic E-state index is 13.4. The number of hydrogen-bond donors (Lipinski definition) is 2. The molecule has 0 aliphatic heterocycles. The van der Waals surface area contributed by atoms with Crippen molar-refractivity contribution in [1.29, 1.82) is 0 Å². The number of nitrogens with zero attached hydrogens (tertiary/aromatic N) is 2. The van der Waals surface area contributed by atoms with E-state index in [2.05, 4.69) is 15.3 Å². The van der Waals surface area contributed by atoms with Gasteiger partial charge in [0.1, 0.15) is 11.6 Å². The fourth-order valence-corrected chi connectivity index (χ4v) is 1.73. The number of nitrogens with one attached hydrogen (secondary N) is 2. The van der Waals surface area contributed by atoms with Crippen LogP contribution in [0.2, 0.25) is 0 Å². The van der Waals surface area contributed by atoms with Gasteiger partial charge in [-0.2, -0.15) is 0 Å². The number of halogens is 1. The van der Waals surface area contributed by atoms with Gasteiger partial charge in [0.2, 0.25) is 5.91 Å². The zero-order valence-electron chi connectivity index (χ0n) is 11.5. The summed E-state index contributed by atoms with van der Waals surface area (Å²) in [6, 6.07) is 5.61. The van der Waals surface area contributed by atoms with E-state index in [4.69, 9.17) is 0 Å². The topological polar surface area (TPSA) is 78.1 Å². The molecule has 0 atom stereocenters. The van der Waals surface area contributed by atoms with E-state index in [1.807, 2.05) is 0 Å². The lowest BCUT2D eigenvalue weighted by atomic mass is 10.2. The van der Waals surface area contributed by atoms with E-state index >= 15 is 0 Å². The molecule has 2 N–H and O–H groups in total. The summed E-state index contributed by atoms with van der Waals surface area (Å²) < 4.78 is 13.4. The minimum atomic E-state index is -0.619. The molecule has 1 aromatic heterocycles. The molecule has 1 heterocycles. The van der Waals surface area contributed by atoms with Crippen LogP contribution in [0.1, 0.15) is 16.2 Å². The first kappa shape index (κ1) is 14.7. The standard InChI is InChI=1S/C14H15FN4O2/c1-19(9-12-16-6-7-17-12)13(20)8-18-14(21)10-4-2-3-5-11(10)15/h2-7H,8-9H2,1H3,(H,16,17)(H,18,21). The van der Waals surface area contributed by atoms with Crippen molar-refractivity contribution < 1.29 is 14.0 Å². The molecule has 6 nitrogen and oxygen atoms in total. The normalized spacial score (nSPS) is 10.2. The molecule has 0 radical (unpaired) electrons. The lowest BCUT2D eigenvalue weighted by molar-refractivity contribution is -0.129. The van der Waals surface area contributed by atoms with Crippen LogP contribution in [0.15, 0.2) is 36.7 Å². The van der Waals surface area contributed by atoms with Gasteiger partial charge in [-0.05, 0) is 12.1 Å². The smallest absolute Gasteiger partial charge is 0.254 e. The number of carbonyl (C=O) groups is 2. The molecule has 110 valence electrons. The summed E-state index contributed by atoms with van der Waals surface area (Å²) in [7, 11) is 1.60. The zero-order chi connectivity index (χ0) is 15.2. The third-order valence-electron chi connectivity index (χ3n) is 2.89. The molecular formula is C14H15FN4O2. The first-order chi connectivity index (χ1) is 10.1. The molecule has 2 aromatic rings. The first-order valence-electron chi connectivity index (χ1n) is 6.33. The highest BCUT2D eigenvalue weighted by Gasteiger charge is 2.14. The molecular weight excluding hydrogens is 275 g/mol. The highest BCUT2D eigenvalue weighted by molar-refractivity contribution is 5.96. The largest absolute Gasteiger partial charge is 0.347 e. The highest BCUT2D eigenvalue weighted by Crippen LogP contribution is 2.05. The van der Waals surface area contributed by atoms with E-state index < -0.39 is 11.7 Å². The number of aromatic amines is 1. The van der Waals surface area contributed by atoms with Crippen LogP contribution >= 0.6 is 0 Å². The van der Waals surface area contributed by atoms with Crippen molar-refractivity contribution in [3.63, 3.8) is 0 Å². The van der Waals surface area contributed by atoms with Crippen molar-refractivity contribution in [1.82, 2.24) is 20.2 Å². The predicted octanol–water partition coefficient (Wildman–Crippen LogP) is 0.937. The molecule has 0 bridgehead atoms. The Morgan fingerprint density at radius 2 is 2.14 bits per heavy atom. The van der Waals surface area contributed by atoms with Crippen molar-refractivity contribution in [2.24, 2.45) is 0 Å². The molecule has 0 unspecified atom stereocenters. The van der Waals surface area contributed by atoms with Gasteiger partial charge < -0.3 is 15.2 Å². The Bertz CT molecular complexity index is 628. The molecule has 0 aliphatic carbocycles. The summed E-state index contributed by atoms with van der Waals surface area (Å²) in [4.78, 5) is 31.9. The van der Waals surface area contributed by atoms with Crippen LogP contribution in [0.25, 0.3) is 0 Å². The molecule has 1 aromatic carbocycles. The van der Waals surface area contributed by atoms with Gasteiger partial charge in [0.25, 0.3) is 5.91 Å². The molecule has 7 heteroatoms. The second kappa shape index (κ2) is 6.65. The van der Waals surface area contributed by atoms with E-state index in [0.717, 1.165) is 0 Å². The average molecular weight is 290 g/mol. The van der Waals surface area contributed by atoms with Gasteiger partial charge in [0.05, 0.1) is 18.7 Å². The second-order valence-electron chi connectivity index (χ2n) is 4.45. The number of H-pyrrole nitrogens is 1. The van der Waals surface area contributed by atoms with E-state index in [1.165, 1.54) is 23.1 Å². The summed E-state index contributed by atoms with van der Waals surface area (Å²) in [6.07, 6.45) is 3.25. The Morgan fingerprint density at radius 1 is 1.38 bits per heavy atom. The van der Waals surface area contributed by atoms with Crippen LogP contribution in [-0.4, -0.2) is 40.3 Å². The molecule has 0 saturated heterocycles. The average Bonchev–Trinajstić information content (AvgIpc) is 2.97. The van der Waals surface area contributed by atoms with Gasteiger partial charge in [-0.15, -0.1) is 0 Å². The van der Waals surface area contributed by atoms with Gasteiger partial charge in [-0.25, -0.2) is 9.37 Å². The minimum Gasteiger partial charge on any atom is -0.347 e. The number of rotatable bonds is 5. The number of hydrogen-bond acceptors (Lipinski definition) is 3. The fraction of sp³-hybridized carbons (Fsp3) is 0.214. The predicted molar refractivity (Wildman–Crippen MR) is 73.8 cm³/mol. The van der Waals surface area contributed by atoms with Crippen LogP contribution in [-0.2, 0) is 11.3 Å². The summed E-state index contributed by atoms with van der Waals surface area (Å²) in [5, 5.41) is 2.40. The van der Waals surface area contributed by atoms with Gasteiger partial charge in [-0.1, -0.05) is 12.1 Å². The van der Waals surface area contributed by atoms with Crippen molar-refractivity contribution in [2.75, 3.05) is 13.6 Å². The number of aromatic nitrogens is 2. The molecule has 0 aliphatic rings. The lowest BCUT2D eigenvalue weighted by Crippen LogP contribution is -2.38. The summed E-state index contributed by atoms with van der Waals surface area (Å²) in [5.41, 5.74) is -0.0843. The Kier molecular flexibility index (Phi) is 4.65. The number of carbonyl (C=O) groups excluding carboxylic acids is 2. The van der Waals surface area contributed by atoms with Crippen LogP contribution in [0.3, 0.4) is 0 Å². The molecule has 0 saturated carbocycles. The maximum absolute atomic E-state index is 13.4. The third-order valence-corrected chi connectivity index (χ3v) is 2.89. The van der Waals surface area contributed by atoms with E-state index in [1.54, 1.807) is 25.5 Å². The quantitative estimate of drug-likeness (QED) is 0.860. The summed E-state index contributed by atoms with van der Waals surface area (Å²) in [5.74, 6) is -0.887. The minimum absolute atomic E-state index is 0.0843. The zero-order valence-corrected chi connectivity index (χ0v) is 11.5. The van der Waals surface area contributed by atoms with Crippen molar-refractivity contribution in [2.45, 2.75) is 6.54 Å². The van der Waals surface area contributed by atoms with Crippen LogP contribution in [0, 0.1) is 5.82 Å². The van der Waals surface area contributed by atoms with Crippen LogP contribution in [0.4, 0.5) is 4.39 Å². The van der Waals surface area contributed by atoms with Gasteiger partial charge in [0.15, 0.2) is 0 Å². The fourth-order valence-electron chi connectivity index (χ4n) is 1.73. The summed E-state index contributed by atoms with van der Waals surface area (Å²) >= 11 is 0. The molecule has 0 spiro atoms. The number of likely N-dealkylation sites (N-methyl/N-ethyl adjacent to an activating group) is 1. The number of imidazole rings is 1. The Balaban J connectivity index is 1.86. The number of amides is 2. The Hall–Kier alpha value is -2.70. The van der Waals surface area contributed by atoms with Crippen molar-refractivity contribution in [3.05, 3.63) is 53.9 Å². The van der Waals surface area contributed by atoms with Gasteiger partial charge in [0, 0.05) is 19.4 Å². The van der Waals surface area contributed by atoms with Gasteiger partial charge >= 0.3 is 0 Å². The maximum Gasteiger partial charge on any atom is 0.254 e. The van der Waals surface area contributed by atoms with Crippen molar-refractivity contribution >= 4 is 11.8 Å². The second-order valence-corrected chi connectivity index (χ2v) is 4.45. The highest BCUT2D eigenvalue weighted by atomic mass is 19.1. The van der Waals surface area contributed by atoms with E-state index in [9.17, 15) is 14.0 Å². The molecule has 0 fully saturated rings. The Labute approximate surface area is 121 Å². The molecule has 2 rings (SSSR count).